The van der Waals surface area contributed by atoms with Gasteiger partial charge in [0.05, 0.1) is 19.2 Å². The van der Waals surface area contributed by atoms with Gasteiger partial charge in [0.2, 0.25) is 0 Å². The normalized spacial score (nSPS) is 30.4. The van der Waals surface area contributed by atoms with Gasteiger partial charge in [-0.25, -0.2) is 4.79 Å². The van der Waals surface area contributed by atoms with E-state index < -0.39 is 5.97 Å². The number of esters is 1. The summed E-state index contributed by atoms with van der Waals surface area (Å²) >= 11 is 6.54. The van der Waals surface area contributed by atoms with E-state index in [1.54, 1.807) is 13.2 Å². The molecule has 4 nitrogen and oxygen atoms in total. The third-order valence-corrected chi connectivity index (χ3v) is 7.30. The molecule has 1 aromatic carbocycles. The average molecular weight is 403 g/mol. The highest BCUT2D eigenvalue weighted by Crippen LogP contribution is 2.56. The van der Waals surface area contributed by atoms with Crippen molar-refractivity contribution >= 4 is 29.4 Å². The van der Waals surface area contributed by atoms with Crippen LogP contribution in [-0.2, 0) is 14.3 Å². The Morgan fingerprint density at radius 2 is 1.96 bits per heavy atom. The SMILES string of the molecule is COC(=O)/C=C/c1ccc(/C(OC)=C2/CC3CCC4CC2CC3C4)c(Cl)c1O. The van der Waals surface area contributed by atoms with E-state index in [1.807, 2.05) is 6.07 Å². The Morgan fingerprint density at radius 3 is 2.71 bits per heavy atom. The summed E-state index contributed by atoms with van der Waals surface area (Å²) in [5.74, 6) is 3.32. The van der Waals surface area contributed by atoms with E-state index in [2.05, 4.69) is 4.74 Å². The summed E-state index contributed by atoms with van der Waals surface area (Å²) in [6, 6.07) is 3.63. The molecular formula is C23H27ClO4. The number of aromatic hydroxyl groups is 1. The van der Waals surface area contributed by atoms with Crippen molar-refractivity contribution < 1.29 is 19.4 Å². The van der Waals surface area contributed by atoms with Crippen LogP contribution >= 0.6 is 11.6 Å². The molecule has 5 heteroatoms. The molecule has 0 spiro atoms. The number of hydrogen-bond acceptors (Lipinski definition) is 4. The quantitative estimate of drug-likeness (QED) is 0.414. The molecule has 4 atom stereocenters. The van der Waals surface area contributed by atoms with E-state index in [4.69, 9.17) is 16.3 Å². The Labute approximate surface area is 171 Å². The molecule has 3 fully saturated rings. The molecule has 4 unspecified atom stereocenters. The van der Waals surface area contributed by atoms with Crippen molar-refractivity contribution in [2.24, 2.45) is 23.7 Å². The van der Waals surface area contributed by atoms with Gasteiger partial charge in [-0.1, -0.05) is 24.1 Å². The lowest BCUT2D eigenvalue weighted by molar-refractivity contribution is -0.134. The van der Waals surface area contributed by atoms with Crippen LogP contribution in [0.25, 0.3) is 11.8 Å². The van der Waals surface area contributed by atoms with Crippen LogP contribution in [-0.4, -0.2) is 25.3 Å². The molecule has 4 rings (SSSR count). The number of phenolic OH excluding ortho intramolecular Hbond substituents is 1. The van der Waals surface area contributed by atoms with E-state index >= 15 is 0 Å². The number of rotatable bonds is 4. The van der Waals surface area contributed by atoms with E-state index in [-0.39, 0.29) is 10.8 Å². The largest absolute Gasteiger partial charge is 0.506 e. The van der Waals surface area contributed by atoms with E-state index in [1.165, 1.54) is 56.9 Å². The molecule has 0 radical (unpaired) electrons. The van der Waals surface area contributed by atoms with Crippen LogP contribution in [0.4, 0.5) is 0 Å². The molecule has 0 aromatic heterocycles. The van der Waals surface area contributed by atoms with Crippen LogP contribution < -0.4 is 0 Å². The Hall–Kier alpha value is -1.94. The lowest BCUT2D eigenvalue weighted by atomic mass is 9.56. The van der Waals surface area contributed by atoms with Gasteiger partial charge >= 0.3 is 5.97 Å². The average Bonchev–Trinajstić information content (AvgIpc) is 2.70. The third-order valence-electron chi connectivity index (χ3n) is 6.92. The highest BCUT2D eigenvalue weighted by molar-refractivity contribution is 6.34. The van der Waals surface area contributed by atoms with Gasteiger partial charge in [0.15, 0.2) is 0 Å². The second-order valence-electron chi connectivity index (χ2n) is 8.35. The molecule has 28 heavy (non-hydrogen) atoms. The summed E-state index contributed by atoms with van der Waals surface area (Å²) in [7, 11) is 3.00. The van der Waals surface area contributed by atoms with Crippen LogP contribution in [0, 0.1) is 23.7 Å². The van der Waals surface area contributed by atoms with Gasteiger partial charge < -0.3 is 14.6 Å². The second-order valence-corrected chi connectivity index (χ2v) is 8.73. The van der Waals surface area contributed by atoms with Gasteiger partial charge in [-0.2, -0.15) is 0 Å². The number of halogens is 1. The molecule has 3 aliphatic rings. The smallest absolute Gasteiger partial charge is 0.330 e. The minimum Gasteiger partial charge on any atom is -0.506 e. The molecule has 3 bridgehead atoms. The predicted molar refractivity (Wildman–Crippen MR) is 110 cm³/mol. The fraction of sp³-hybridized carbons (Fsp3) is 0.522. The van der Waals surface area contributed by atoms with Crippen LogP contribution in [0.2, 0.25) is 5.02 Å². The summed E-state index contributed by atoms with van der Waals surface area (Å²) in [6.45, 7) is 0. The predicted octanol–water partition coefficient (Wildman–Crippen LogP) is 5.44. The van der Waals surface area contributed by atoms with Gasteiger partial charge in [0, 0.05) is 17.2 Å². The fourth-order valence-corrected chi connectivity index (χ4v) is 5.86. The third kappa shape index (κ3) is 3.43. The van der Waals surface area contributed by atoms with Gasteiger partial charge in [0.25, 0.3) is 0 Å². The first kappa shape index (κ1) is 19.4. The molecule has 1 aromatic rings. The molecule has 150 valence electrons. The molecule has 0 saturated heterocycles. The number of allylic oxidation sites excluding steroid dienone is 1. The summed E-state index contributed by atoms with van der Waals surface area (Å²) < 4.78 is 10.5. The van der Waals surface area contributed by atoms with Crippen LogP contribution in [0.3, 0.4) is 0 Å². The zero-order valence-electron chi connectivity index (χ0n) is 16.4. The van der Waals surface area contributed by atoms with Gasteiger partial charge in [-0.05, 0) is 73.5 Å². The Kier molecular flexibility index (Phi) is 5.42. The van der Waals surface area contributed by atoms with Gasteiger partial charge in [-0.3, -0.25) is 0 Å². The number of carbonyl (C=O) groups is 1. The maximum absolute atomic E-state index is 11.3. The summed E-state index contributed by atoms with van der Waals surface area (Å²) in [5, 5.41) is 10.8. The van der Waals surface area contributed by atoms with Crippen LogP contribution in [0.15, 0.2) is 23.8 Å². The van der Waals surface area contributed by atoms with Crippen molar-refractivity contribution in [1.29, 1.82) is 0 Å². The molecule has 0 aliphatic heterocycles. The number of phenols is 1. The van der Waals surface area contributed by atoms with Crippen molar-refractivity contribution in [3.05, 3.63) is 39.9 Å². The van der Waals surface area contributed by atoms with Gasteiger partial charge in [0.1, 0.15) is 11.5 Å². The first-order valence-corrected chi connectivity index (χ1v) is 10.4. The Morgan fingerprint density at radius 1 is 1.14 bits per heavy atom. The molecule has 0 amide bonds. The summed E-state index contributed by atoms with van der Waals surface area (Å²) in [6.07, 6.45) is 10.4. The van der Waals surface area contributed by atoms with Crippen LogP contribution in [0.5, 0.6) is 5.75 Å². The number of methoxy groups -OCH3 is 2. The number of carbonyl (C=O) groups excluding carboxylic acids is 1. The van der Waals surface area contributed by atoms with E-state index in [9.17, 15) is 9.90 Å². The standard InChI is InChI=1S/C23H27ClO4/c1-27-20(25)8-6-14-5-7-18(21(24)22(14)26)23(28-2)19-12-15-4-3-13-9-16(15)11-17(19)10-13/h5-8,13,15-17,26H,3-4,9-12H2,1-2H3/b8-6+,23-19+. The highest BCUT2D eigenvalue weighted by atomic mass is 35.5. The lowest BCUT2D eigenvalue weighted by Gasteiger charge is -2.49. The number of benzene rings is 1. The number of hydrogen-bond donors (Lipinski definition) is 1. The van der Waals surface area contributed by atoms with E-state index in [0.717, 1.165) is 35.5 Å². The first-order chi connectivity index (χ1) is 13.5. The lowest BCUT2D eigenvalue weighted by Crippen LogP contribution is -2.38. The minimum atomic E-state index is -0.483. The van der Waals surface area contributed by atoms with Crippen molar-refractivity contribution in [2.45, 2.75) is 38.5 Å². The molecule has 3 saturated carbocycles. The van der Waals surface area contributed by atoms with Crippen LogP contribution in [0.1, 0.15) is 49.7 Å². The number of ether oxygens (including phenoxy) is 2. The monoisotopic (exact) mass is 402 g/mol. The highest BCUT2D eigenvalue weighted by Gasteiger charge is 2.44. The topological polar surface area (TPSA) is 55.8 Å². The minimum absolute atomic E-state index is 0.0479. The summed E-state index contributed by atoms with van der Waals surface area (Å²) in [5.41, 5.74) is 2.57. The Bertz CT molecular complexity index is 839. The molecule has 1 N–H and O–H groups in total. The maximum Gasteiger partial charge on any atom is 0.330 e. The summed E-state index contributed by atoms with van der Waals surface area (Å²) in [4.78, 5) is 11.3. The second kappa shape index (κ2) is 7.82. The van der Waals surface area contributed by atoms with Crippen molar-refractivity contribution in [3.8, 4) is 5.75 Å². The number of fused-ring (bicyclic) bond motifs is 2. The molecular weight excluding hydrogens is 376 g/mol. The fourth-order valence-electron chi connectivity index (χ4n) is 5.60. The Balaban J connectivity index is 1.71. The molecule has 3 aliphatic carbocycles. The zero-order chi connectivity index (χ0) is 19.8. The van der Waals surface area contributed by atoms with Gasteiger partial charge in [-0.15, -0.1) is 0 Å². The molecule has 0 heterocycles. The maximum atomic E-state index is 11.3. The van der Waals surface area contributed by atoms with E-state index in [0.29, 0.717) is 11.5 Å². The zero-order valence-corrected chi connectivity index (χ0v) is 17.2. The first-order valence-electron chi connectivity index (χ1n) is 10.1. The van der Waals surface area contributed by atoms with Crippen molar-refractivity contribution in [1.82, 2.24) is 0 Å². The van der Waals surface area contributed by atoms with Crippen molar-refractivity contribution in [2.75, 3.05) is 14.2 Å². The van der Waals surface area contributed by atoms with Crippen molar-refractivity contribution in [3.63, 3.8) is 0 Å².